The fraction of sp³-hybridized carbons (Fsp3) is 0.600. The average molecular weight is 283 g/mol. The standard InChI is InChI=1S/C15H25NO2S/c1-5-13(6-2)11-16-12(3)14-7-9-15(10-8-14)19(4,17)18/h7-10,12-13,16H,5-6,11H2,1-4H3. The summed E-state index contributed by atoms with van der Waals surface area (Å²) in [6.45, 7) is 7.53. The molecule has 4 heteroatoms. The molecule has 0 heterocycles. The molecule has 1 unspecified atom stereocenters. The third kappa shape index (κ3) is 4.96. The molecule has 108 valence electrons. The van der Waals surface area contributed by atoms with Crippen LogP contribution in [-0.4, -0.2) is 21.2 Å². The van der Waals surface area contributed by atoms with Crippen LogP contribution in [0.1, 0.15) is 45.2 Å². The summed E-state index contributed by atoms with van der Waals surface area (Å²) in [7, 11) is -3.10. The van der Waals surface area contributed by atoms with Crippen LogP contribution >= 0.6 is 0 Å². The minimum atomic E-state index is -3.10. The Kier molecular flexibility index (Phi) is 6.01. The Labute approximate surface area is 117 Å². The summed E-state index contributed by atoms with van der Waals surface area (Å²) >= 11 is 0. The highest BCUT2D eigenvalue weighted by molar-refractivity contribution is 7.90. The maximum atomic E-state index is 11.4. The molecule has 0 amide bonds. The largest absolute Gasteiger partial charge is 0.310 e. The molecule has 0 saturated carbocycles. The Bertz CT molecular complexity index is 475. The molecule has 0 radical (unpaired) electrons. The molecule has 1 rings (SSSR count). The van der Waals surface area contributed by atoms with Gasteiger partial charge in [-0.15, -0.1) is 0 Å². The summed E-state index contributed by atoms with van der Waals surface area (Å²) in [5.41, 5.74) is 1.12. The zero-order valence-electron chi connectivity index (χ0n) is 12.3. The molecule has 0 saturated heterocycles. The molecule has 0 spiro atoms. The zero-order valence-corrected chi connectivity index (χ0v) is 13.1. The van der Waals surface area contributed by atoms with E-state index in [4.69, 9.17) is 0 Å². The monoisotopic (exact) mass is 283 g/mol. The van der Waals surface area contributed by atoms with Gasteiger partial charge in [0.1, 0.15) is 0 Å². The lowest BCUT2D eigenvalue weighted by Crippen LogP contribution is -2.25. The van der Waals surface area contributed by atoms with Crippen molar-refractivity contribution < 1.29 is 8.42 Å². The second-order valence-electron chi connectivity index (χ2n) is 5.15. The predicted molar refractivity (Wildman–Crippen MR) is 80.0 cm³/mol. The molecule has 0 aromatic heterocycles. The van der Waals surface area contributed by atoms with Crippen molar-refractivity contribution in [2.24, 2.45) is 5.92 Å². The fourth-order valence-electron chi connectivity index (χ4n) is 2.04. The first kappa shape index (κ1) is 16.2. The van der Waals surface area contributed by atoms with Crippen molar-refractivity contribution in [3.05, 3.63) is 29.8 Å². The van der Waals surface area contributed by atoms with Crippen molar-refractivity contribution in [2.75, 3.05) is 12.8 Å². The molecule has 0 bridgehead atoms. The quantitative estimate of drug-likeness (QED) is 0.836. The number of hydrogen-bond donors (Lipinski definition) is 1. The Morgan fingerprint density at radius 3 is 2.05 bits per heavy atom. The minimum Gasteiger partial charge on any atom is -0.310 e. The summed E-state index contributed by atoms with van der Waals surface area (Å²) in [5, 5.41) is 3.51. The van der Waals surface area contributed by atoms with Crippen molar-refractivity contribution >= 4 is 9.84 Å². The maximum Gasteiger partial charge on any atom is 0.175 e. The number of nitrogens with one attached hydrogen (secondary N) is 1. The minimum absolute atomic E-state index is 0.245. The normalized spacial score (nSPS) is 13.7. The van der Waals surface area contributed by atoms with Gasteiger partial charge < -0.3 is 5.32 Å². The number of benzene rings is 1. The third-order valence-electron chi connectivity index (χ3n) is 3.68. The third-order valence-corrected chi connectivity index (χ3v) is 4.80. The van der Waals surface area contributed by atoms with Gasteiger partial charge in [0.15, 0.2) is 9.84 Å². The van der Waals surface area contributed by atoms with Crippen LogP contribution in [0.5, 0.6) is 0 Å². The van der Waals surface area contributed by atoms with Crippen molar-refractivity contribution in [3.8, 4) is 0 Å². The Hall–Kier alpha value is -0.870. The first-order chi connectivity index (χ1) is 8.88. The number of hydrogen-bond acceptors (Lipinski definition) is 3. The van der Waals surface area contributed by atoms with Crippen LogP contribution in [0.25, 0.3) is 0 Å². The molecular formula is C15H25NO2S. The molecule has 0 fully saturated rings. The van der Waals surface area contributed by atoms with Crippen LogP contribution in [-0.2, 0) is 9.84 Å². The molecule has 1 atom stereocenters. The van der Waals surface area contributed by atoms with E-state index in [0.29, 0.717) is 10.8 Å². The first-order valence-corrected chi connectivity index (χ1v) is 8.81. The summed E-state index contributed by atoms with van der Waals surface area (Å²) < 4.78 is 22.8. The van der Waals surface area contributed by atoms with E-state index in [1.807, 2.05) is 12.1 Å². The summed E-state index contributed by atoms with van der Waals surface area (Å²) in [6, 6.07) is 7.39. The van der Waals surface area contributed by atoms with Crippen LogP contribution in [0.15, 0.2) is 29.2 Å². The molecule has 0 aliphatic heterocycles. The highest BCUT2D eigenvalue weighted by Gasteiger charge is 2.10. The highest BCUT2D eigenvalue weighted by atomic mass is 32.2. The topological polar surface area (TPSA) is 46.2 Å². The van der Waals surface area contributed by atoms with E-state index >= 15 is 0 Å². The van der Waals surface area contributed by atoms with Gasteiger partial charge in [0, 0.05) is 12.3 Å². The van der Waals surface area contributed by atoms with Gasteiger partial charge in [0.05, 0.1) is 4.90 Å². The van der Waals surface area contributed by atoms with E-state index in [1.54, 1.807) is 12.1 Å². The molecular weight excluding hydrogens is 258 g/mol. The Balaban J connectivity index is 2.65. The van der Waals surface area contributed by atoms with Gasteiger partial charge in [-0.05, 0) is 37.1 Å². The van der Waals surface area contributed by atoms with E-state index < -0.39 is 9.84 Å². The summed E-state index contributed by atoms with van der Waals surface area (Å²) in [4.78, 5) is 0.378. The molecule has 0 aliphatic carbocycles. The van der Waals surface area contributed by atoms with Gasteiger partial charge in [0.2, 0.25) is 0 Å². The van der Waals surface area contributed by atoms with E-state index in [2.05, 4.69) is 26.1 Å². The molecule has 19 heavy (non-hydrogen) atoms. The molecule has 3 nitrogen and oxygen atoms in total. The van der Waals surface area contributed by atoms with Crippen molar-refractivity contribution in [2.45, 2.75) is 44.6 Å². The van der Waals surface area contributed by atoms with E-state index in [9.17, 15) is 8.42 Å². The number of rotatable bonds is 7. The summed E-state index contributed by atoms with van der Waals surface area (Å²) in [6.07, 6.45) is 3.60. The second kappa shape index (κ2) is 7.06. The van der Waals surface area contributed by atoms with Gasteiger partial charge in [0.25, 0.3) is 0 Å². The lowest BCUT2D eigenvalue weighted by Gasteiger charge is -2.19. The highest BCUT2D eigenvalue weighted by Crippen LogP contribution is 2.17. The van der Waals surface area contributed by atoms with E-state index in [0.717, 1.165) is 12.1 Å². The van der Waals surface area contributed by atoms with Gasteiger partial charge in [-0.1, -0.05) is 38.8 Å². The maximum absolute atomic E-state index is 11.4. The van der Waals surface area contributed by atoms with Gasteiger partial charge in [-0.2, -0.15) is 0 Å². The fourth-order valence-corrected chi connectivity index (χ4v) is 2.67. The molecule has 0 aliphatic rings. The van der Waals surface area contributed by atoms with Gasteiger partial charge in [-0.3, -0.25) is 0 Å². The van der Waals surface area contributed by atoms with Crippen molar-refractivity contribution in [3.63, 3.8) is 0 Å². The Morgan fingerprint density at radius 2 is 1.63 bits per heavy atom. The smallest absolute Gasteiger partial charge is 0.175 e. The van der Waals surface area contributed by atoms with E-state index in [-0.39, 0.29) is 6.04 Å². The summed E-state index contributed by atoms with van der Waals surface area (Å²) in [5.74, 6) is 0.706. The Morgan fingerprint density at radius 1 is 1.11 bits per heavy atom. The lowest BCUT2D eigenvalue weighted by molar-refractivity contribution is 0.422. The lowest BCUT2D eigenvalue weighted by atomic mass is 10.0. The van der Waals surface area contributed by atoms with E-state index in [1.165, 1.54) is 19.1 Å². The molecule has 1 aromatic carbocycles. The van der Waals surface area contributed by atoms with Crippen LogP contribution in [0.4, 0.5) is 0 Å². The van der Waals surface area contributed by atoms with Crippen LogP contribution in [0.2, 0.25) is 0 Å². The molecule has 1 N–H and O–H groups in total. The van der Waals surface area contributed by atoms with Crippen LogP contribution in [0, 0.1) is 5.92 Å². The van der Waals surface area contributed by atoms with Gasteiger partial charge in [-0.25, -0.2) is 8.42 Å². The van der Waals surface area contributed by atoms with Crippen LogP contribution < -0.4 is 5.32 Å². The second-order valence-corrected chi connectivity index (χ2v) is 7.17. The zero-order chi connectivity index (χ0) is 14.5. The van der Waals surface area contributed by atoms with Crippen molar-refractivity contribution in [1.82, 2.24) is 5.32 Å². The first-order valence-electron chi connectivity index (χ1n) is 6.91. The SMILES string of the molecule is CCC(CC)CNC(C)c1ccc(S(C)(=O)=O)cc1. The number of sulfone groups is 1. The van der Waals surface area contributed by atoms with Crippen LogP contribution in [0.3, 0.4) is 0 Å². The average Bonchev–Trinajstić information content (AvgIpc) is 2.39. The predicted octanol–water partition coefficient (Wildman–Crippen LogP) is 3.18. The van der Waals surface area contributed by atoms with Gasteiger partial charge >= 0.3 is 0 Å². The van der Waals surface area contributed by atoms with Crippen molar-refractivity contribution in [1.29, 1.82) is 0 Å². The molecule has 1 aromatic rings.